The molecule has 1 aromatic heterocycles. The van der Waals surface area contributed by atoms with E-state index in [4.69, 9.17) is 0 Å². The minimum atomic E-state index is -1.07. The smallest absolute Gasteiger partial charge is 0.249 e. The summed E-state index contributed by atoms with van der Waals surface area (Å²) < 4.78 is 15.4. The van der Waals surface area contributed by atoms with Crippen LogP contribution in [0.1, 0.15) is 50.6 Å². The average Bonchev–Trinajstić information content (AvgIpc) is 3.35. The SMILES string of the molecule is CC(=O)Nc1ccc(N(C(=O)Cn2nnc3ccccc32)C(C(=O)NC2CCCCC2)c2ccc(F)cc2)cc1. The third-order valence-electron chi connectivity index (χ3n) is 7.08. The van der Waals surface area contributed by atoms with Gasteiger partial charge in [0.15, 0.2) is 0 Å². The quantitative estimate of drug-likeness (QED) is 0.334. The van der Waals surface area contributed by atoms with Gasteiger partial charge in [0.05, 0.1) is 5.52 Å². The lowest BCUT2D eigenvalue weighted by molar-refractivity contribution is -0.127. The molecule has 3 aromatic carbocycles. The number of para-hydroxylation sites is 1. The first-order valence-electron chi connectivity index (χ1n) is 13.4. The first-order chi connectivity index (χ1) is 19.4. The molecule has 1 heterocycles. The zero-order chi connectivity index (χ0) is 28.1. The summed E-state index contributed by atoms with van der Waals surface area (Å²) in [6, 6.07) is 18.5. The Morgan fingerprint density at radius 1 is 0.975 bits per heavy atom. The van der Waals surface area contributed by atoms with Crippen LogP contribution in [-0.4, -0.2) is 38.8 Å². The average molecular weight is 543 g/mol. The number of hydrogen-bond acceptors (Lipinski definition) is 5. The monoisotopic (exact) mass is 542 g/mol. The molecule has 1 saturated carbocycles. The van der Waals surface area contributed by atoms with Crippen molar-refractivity contribution in [2.45, 2.75) is 57.7 Å². The fourth-order valence-electron chi connectivity index (χ4n) is 5.17. The maximum absolute atomic E-state index is 14.1. The third kappa shape index (κ3) is 6.17. The van der Waals surface area contributed by atoms with Crippen LogP contribution in [0.15, 0.2) is 72.8 Å². The number of benzene rings is 3. The third-order valence-corrected chi connectivity index (χ3v) is 7.08. The minimum absolute atomic E-state index is 0.00236. The van der Waals surface area contributed by atoms with Crippen LogP contribution in [0.25, 0.3) is 11.0 Å². The van der Waals surface area contributed by atoms with Gasteiger partial charge in [0.2, 0.25) is 17.7 Å². The Morgan fingerprint density at radius 3 is 2.38 bits per heavy atom. The lowest BCUT2D eigenvalue weighted by Gasteiger charge is -2.33. The zero-order valence-electron chi connectivity index (χ0n) is 22.2. The number of fused-ring (bicyclic) bond motifs is 1. The van der Waals surface area contributed by atoms with E-state index in [9.17, 15) is 18.8 Å². The van der Waals surface area contributed by atoms with E-state index >= 15 is 0 Å². The molecular formula is C30H31FN6O3. The molecule has 9 nitrogen and oxygen atoms in total. The molecule has 40 heavy (non-hydrogen) atoms. The second kappa shape index (κ2) is 12.1. The predicted octanol–water partition coefficient (Wildman–Crippen LogP) is 4.75. The number of rotatable bonds is 8. The number of aromatic nitrogens is 3. The molecule has 3 amide bonds. The van der Waals surface area contributed by atoms with Crippen LogP contribution in [0.5, 0.6) is 0 Å². The normalized spacial score (nSPS) is 14.4. The molecule has 206 valence electrons. The van der Waals surface area contributed by atoms with E-state index in [1.54, 1.807) is 30.3 Å². The van der Waals surface area contributed by atoms with Gasteiger partial charge in [0.1, 0.15) is 23.9 Å². The number of halogens is 1. The molecule has 1 atom stereocenters. The van der Waals surface area contributed by atoms with Gasteiger partial charge in [-0.05, 0) is 66.9 Å². The molecule has 10 heteroatoms. The molecule has 0 saturated heterocycles. The van der Waals surface area contributed by atoms with Gasteiger partial charge in [-0.1, -0.05) is 48.7 Å². The van der Waals surface area contributed by atoms with Crippen molar-refractivity contribution >= 4 is 40.1 Å². The first kappa shape index (κ1) is 27.0. The number of carbonyl (C=O) groups is 3. The Labute approximate surface area is 231 Å². The molecule has 5 rings (SSSR count). The Kier molecular flexibility index (Phi) is 8.14. The summed E-state index contributed by atoms with van der Waals surface area (Å²) in [5.74, 6) is -1.42. The maximum Gasteiger partial charge on any atom is 0.249 e. The highest BCUT2D eigenvalue weighted by Crippen LogP contribution is 2.31. The van der Waals surface area contributed by atoms with Crippen LogP contribution in [0.2, 0.25) is 0 Å². The highest BCUT2D eigenvalue weighted by atomic mass is 19.1. The summed E-state index contributed by atoms with van der Waals surface area (Å²) in [4.78, 5) is 41.0. The van der Waals surface area contributed by atoms with E-state index in [1.807, 2.05) is 18.2 Å². The van der Waals surface area contributed by atoms with Crippen LogP contribution in [0.3, 0.4) is 0 Å². The molecule has 1 aliphatic rings. The van der Waals surface area contributed by atoms with E-state index in [-0.39, 0.29) is 24.4 Å². The molecule has 0 bridgehead atoms. The van der Waals surface area contributed by atoms with E-state index in [0.717, 1.165) is 32.1 Å². The lowest BCUT2D eigenvalue weighted by atomic mass is 9.94. The summed E-state index contributed by atoms with van der Waals surface area (Å²) in [6.07, 6.45) is 4.92. The molecule has 1 aliphatic carbocycles. The van der Waals surface area contributed by atoms with Crippen molar-refractivity contribution < 1.29 is 18.8 Å². The van der Waals surface area contributed by atoms with E-state index in [0.29, 0.717) is 28.0 Å². The van der Waals surface area contributed by atoms with Gasteiger partial charge in [-0.15, -0.1) is 5.10 Å². The first-order valence-corrected chi connectivity index (χ1v) is 13.4. The number of hydrogen-bond donors (Lipinski definition) is 2. The fourth-order valence-corrected chi connectivity index (χ4v) is 5.17. The van der Waals surface area contributed by atoms with Crippen molar-refractivity contribution in [2.75, 3.05) is 10.2 Å². The minimum Gasteiger partial charge on any atom is -0.351 e. The topological polar surface area (TPSA) is 109 Å². The van der Waals surface area contributed by atoms with Crippen molar-refractivity contribution in [3.8, 4) is 0 Å². The Bertz CT molecular complexity index is 1500. The summed E-state index contributed by atoms with van der Waals surface area (Å²) >= 11 is 0. The summed E-state index contributed by atoms with van der Waals surface area (Å²) in [6.45, 7) is 1.23. The molecule has 1 unspecified atom stereocenters. The Balaban J connectivity index is 1.55. The van der Waals surface area contributed by atoms with Crippen molar-refractivity contribution in [1.29, 1.82) is 0 Å². The van der Waals surface area contributed by atoms with Crippen LogP contribution >= 0.6 is 0 Å². The van der Waals surface area contributed by atoms with Gasteiger partial charge in [-0.2, -0.15) is 0 Å². The van der Waals surface area contributed by atoms with Gasteiger partial charge in [0.25, 0.3) is 0 Å². The van der Waals surface area contributed by atoms with Crippen LogP contribution in [0.4, 0.5) is 15.8 Å². The lowest BCUT2D eigenvalue weighted by Crippen LogP contribution is -2.48. The van der Waals surface area contributed by atoms with Crippen LogP contribution in [0, 0.1) is 5.82 Å². The summed E-state index contributed by atoms with van der Waals surface area (Å²) in [5.41, 5.74) is 2.79. The maximum atomic E-state index is 14.1. The van der Waals surface area contributed by atoms with Gasteiger partial charge in [-0.3, -0.25) is 19.3 Å². The molecule has 1 fully saturated rings. The second-order valence-electron chi connectivity index (χ2n) is 10.0. The molecule has 0 spiro atoms. The van der Waals surface area contributed by atoms with Crippen LogP contribution < -0.4 is 15.5 Å². The Hall–Kier alpha value is -4.60. The van der Waals surface area contributed by atoms with Crippen molar-refractivity contribution in [1.82, 2.24) is 20.3 Å². The largest absolute Gasteiger partial charge is 0.351 e. The number of amides is 3. The van der Waals surface area contributed by atoms with Gasteiger partial charge < -0.3 is 10.6 Å². The number of carbonyl (C=O) groups excluding carboxylic acids is 3. The highest BCUT2D eigenvalue weighted by molar-refractivity contribution is 6.02. The summed E-state index contributed by atoms with van der Waals surface area (Å²) in [5, 5.41) is 14.2. The zero-order valence-corrected chi connectivity index (χ0v) is 22.2. The molecular weight excluding hydrogens is 511 g/mol. The van der Waals surface area contributed by atoms with Gasteiger partial charge in [0, 0.05) is 24.3 Å². The number of nitrogens with zero attached hydrogens (tertiary/aromatic N) is 4. The second-order valence-corrected chi connectivity index (χ2v) is 10.0. The van der Waals surface area contributed by atoms with Crippen molar-refractivity contribution in [3.63, 3.8) is 0 Å². The van der Waals surface area contributed by atoms with Gasteiger partial charge >= 0.3 is 0 Å². The van der Waals surface area contributed by atoms with Crippen LogP contribution in [-0.2, 0) is 20.9 Å². The molecule has 2 N–H and O–H groups in total. The molecule has 4 aromatic rings. The standard InChI is InChI=1S/C30H31FN6O3/c1-20(38)32-24-15-17-25(18-16-24)37(28(39)19-36-27-10-6-5-9-26(27)34-35-36)29(21-11-13-22(31)14-12-21)30(40)33-23-7-3-2-4-8-23/h5-6,9-18,23,29H,2-4,7-8,19H2,1H3,(H,32,38)(H,33,40). The van der Waals surface area contributed by atoms with E-state index in [2.05, 4.69) is 20.9 Å². The summed E-state index contributed by atoms with van der Waals surface area (Å²) in [7, 11) is 0. The van der Waals surface area contributed by atoms with Gasteiger partial charge in [-0.25, -0.2) is 9.07 Å². The highest BCUT2D eigenvalue weighted by Gasteiger charge is 2.34. The number of anilines is 2. The van der Waals surface area contributed by atoms with E-state index in [1.165, 1.54) is 40.8 Å². The van der Waals surface area contributed by atoms with Crippen molar-refractivity contribution in [2.24, 2.45) is 0 Å². The predicted molar refractivity (Wildman–Crippen MR) is 150 cm³/mol. The Morgan fingerprint density at radius 2 is 1.68 bits per heavy atom. The molecule has 0 radical (unpaired) electrons. The molecule has 0 aliphatic heterocycles. The van der Waals surface area contributed by atoms with E-state index < -0.39 is 17.8 Å². The fraction of sp³-hybridized carbons (Fsp3) is 0.300. The van der Waals surface area contributed by atoms with Crippen molar-refractivity contribution in [3.05, 3.63) is 84.2 Å². The number of nitrogens with one attached hydrogen (secondary N) is 2.